The van der Waals surface area contributed by atoms with Gasteiger partial charge in [-0.3, -0.25) is 9.59 Å². The van der Waals surface area contributed by atoms with E-state index in [9.17, 15) is 22.8 Å². The second-order valence-corrected chi connectivity index (χ2v) is 7.76. The number of hydrogen-bond acceptors (Lipinski definition) is 5. The molecule has 1 aliphatic heterocycles. The number of pyridine rings is 2. The summed E-state index contributed by atoms with van der Waals surface area (Å²) in [4.78, 5) is 34.4. The number of piperazine rings is 1. The van der Waals surface area contributed by atoms with Gasteiger partial charge in [0.2, 0.25) is 11.5 Å². The highest BCUT2D eigenvalue weighted by Gasteiger charge is 2.32. The summed E-state index contributed by atoms with van der Waals surface area (Å²) in [6, 6.07) is 10.9. The Hall–Kier alpha value is -3.56. The van der Waals surface area contributed by atoms with Gasteiger partial charge < -0.3 is 20.1 Å². The zero-order chi connectivity index (χ0) is 22.9. The molecule has 1 atom stereocenters. The highest BCUT2D eigenvalue weighted by Crippen LogP contribution is 2.30. The SMILES string of the molecule is C[C@@H]1CN(C(=O)CNc2ccc3[nH]c(=O)ccc3c2)CCN1c1ccc(C(F)(F)F)cn1. The molecule has 10 heteroatoms. The first-order valence-electron chi connectivity index (χ1n) is 10.2. The van der Waals surface area contributed by atoms with E-state index in [0.717, 1.165) is 28.9 Å². The number of halogens is 3. The fourth-order valence-electron chi connectivity index (χ4n) is 3.80. The molecule has 0 saturated carbocycles. The minimum absolute atomic E-state index is 0.0709. The molecule has 3 aromatic rings. The summed E-state index contributed by atoms with van der Waals surface area (Å²) in [5, 5.41) is 3.97. The third-order valence-corrected chi connectivity index (χ3v) is 5.52. The maximum absolute atomic E-state index is 12.7. The van der Waals surface area contributed by atoms with Crippen molar-refractivity contribution in [2.75, 3.05) is 36.4 Å². The third kappa shape index (κ3) is 4.68. The standard InChI is InChI=1S/C22H22F3N5O2/c1-14-13-29(8-9-30(14)19-6-3-16(11-27-19)22(23,24)25)21(32)12-26-17-4-5-18-15(10-17)2-7-20(31)28-18/h2-7,10-11,14,26H,8-9,12-13H2,1H3,(H,28,31)/t14-/m1/s1. The summed E-state index contributed by atoms with van der Waals surface area (Å²) >= 11 is 0. The Labute approximate surface area is 181 Å². The largest absolute Gasteiger partial charge is 0.417 e. The first-order chi connectivity index (χ1) is 15.2. The van der Waals surface area contributed by atoms with Crippen molar-refractivity contribution in [2.24, 2.45) is 0 Å². The van der Waals surface area contributed by atoms with Crippen LogP contribution in [0.15, 0.2) is 53.5 Å². The van der Waals surface area contributed by atoms with Gasteiger partial charge in [0.1, 0.15) is 5.82 Å². The van der Waals surface area contributed by atoms with E-state index in [4.69, 9.17) is 0 Å². The number of fused-ring (bicyclic) bond motifs is 1. The molecule has 32 heavy (non-hydrogen) atoms. The predicted molar refractivity (Wildman–Crippen MR) is 116 cm³/mol. The molecule has 0 aliphatic carbocycles. The number of carbonyl (C=O) groups excluding carboxylic acids is 1. The predicted octanol–water partition coefficient (Wildman–Crippen LogP) is 3.09. The fourth-order valence-corrected chi connectivity index (χ4v) is 3.80. The number of aromatic amines is 1. The Balaban J connectivity index is 1.34. The smallest absolute Gasteiger partial charge is 0.376 e. The Kier molecular flexibility index (Phi) is 5.77. The number of anilines is 2. The lowest BCUT2D eigenvalue weighted by atomic mass is 10.1. The molecule has 1 saturated heterocycles. The second-order valence-electron chi connectivity index (χ2n) is 7.76. The van der Waals surface area contributed by atoms with Crippen molar-refractivity contribution in [2.45, 2.75) is 19.1 Å². The van der Waals surface area contributed by atoms with Crippen molar-refractivity contribution in [3.05, 3.63) is 64.6 Å². The van der Waals surface area contributed by atoms with E-state index >= 15 is 0 Å². The molecule has 4 rings (SSSR count). The van der Waals surface area contributed by atoms with Crippen LogP contribution in [0.5, 0.6) is 0 Å². The number of nitrogens with one attached hydrogen (secondary N) is 2. The average Bonchev–Trinajstić information content (AvgIpc) is 2.77. The van der Waals surface area contributed by atoms with Gasteiger partial charge in [-0.05, 0) is 43.3 Å². The molecule has 1 fully saturated rings. The quantitative estimate of drug-likeness (QED) is 0.645. The van der Waals surface area contributed by atoms with E-state index in [1.165, 1.54) is 12.1 Å². The van der Waals surface area contributed by atoms with Crippen LogP contribution < -0.4 is 15.8 Å². The molecule has 1 aromatic carbocycles. The van der Waals surface area contributed by atoms with Crippen LogP contribution in [-0.2, 0) is 11.0 Å². The van der Waals surface area contributed by atoms with Crippen molar-refractivity contribution >= 4 is 28.3 Å². The summed E-state index contributed by atoms with van der Waals surface area (Å²) in [6.45, 7) is 3.40. The average molecular weight is 445 g/mol. The molecule has 3 heterocycles. The Morgan fingerprint density at radius 2 is 2.00 bits per heavy atom. The summed E-state index contributed by atoms with van der Waals surface area (Å²) in [6.07, 6.45) is -3.58. The molecule has 1 amide bonds. The molecular formula is C22H22F3N5O2. The van der Waals surface area contributed by atoms with Crippen LogP contribution in [0.2, 0.25) is 0 Å². The Bertz CT molecular complexity index is 1180. The molecule has 0 radical (unpaired) electrons. The van der Waals surface area contributed by atoms with Gasteiger partial charge in [0, 0.05) is 54.5 Å². The number of carbonyl (C=O) groups is 1. The second kappa shape index (κ2) is 8.52. The van der Waals surface area contributed by atoms with Gasteiger partial charge in [-0.2, -0.15) is 13.2 Å². The summed E-state index contributed by atoms with van der Waals surface area (Å²) in [5.41, 5.74) is 0.525. The van der Waals surface area contributed by atoms with E-state index in [-0.39, 0.29) is 24.1 Å². The zero-order valence-corrected chi connectivity index (χ0v) is 17.3. The first kappa shape index (κ1) is 21.7. The maximum Gasteiger partial charge on any atom is 0.417 e. The number of H-pyrrole nitrogens is 1. The van der Waals surface area contributed by atoms with Gasteiger partial charge in [0.05, 0.1) is 12.1 Å². The third-order valence-electron chi connectivity index (χ3n) is 5.52. The van der Waals surface area contributed by atoms with Gasteiger partial charge in [-0.15, -0.1) is 0 Å². The summed E-state index contributed by atoms with van der Waals surface area (Å²) < 4.78 is 38.2. The highest BCUT2D eigenvalue weighted by atomic mass is 19.4. The number of hydrogen-bond donors (Lipinski definition) is 2. The summed E-state index contributed by atoms with van der Waals surface area (Å²) in [7, 11) is 0. The maximum atomic E-state index is 12.7. The van der Waals surface area contributed by atoms with Gasteiger partial charge in [0.25, 0.3) is 0 Å². The van der Waals surface area contributed by atoms with Gasteiger partial charge in [-0.1, -0.05) is 0 Å². The van der Waals surface area contributed by atoms with E-state index < -0.39 is 11.7 Å². The molecular weight excluding hydrogens is 423 g/mol. The van der Waals surface area contributed by atoms with Gasteiger partial charge in [0.15, 0.2) is 0 Å². The normalized spacial score (nSPS) is 16.9. The van der Waals surface area contributed by atoms with Crippen LogP contribution in [0.4, 0.5) is 24.7 Å². The molecule has 0 unspecified atom stereocenters. The number of benzene rings is 1. The molecule has 0 bridgehead atoms. The van der Waals surface area contributed by atoms with Gasteiger partial charge in [-0.25, -0.2) is 4.98 Å². The van der Waals surface area contributed by atoms with Crippen LogP contribution in [-0.4, -0.2) is 53.0 Å². The minimum atomic E-state index is -4.42. The van der Waals surface area contributed by atoms with Crippen molar-refractivity contribution in [3.63, 3.8) is 0 Å². The Morgan fingerprint density at radius 1 is 1.19 bits per heavy atom. The van der Waals surface area contributed by atoms with E-state index in [1.807, 2.05) is 17.9 Å². The molecule has 1 aliphatic rings. The fraction of sp³-hybridized carbons (Fsp3) is 0.318. The lowest BCUT2D eigenvalue weighted by Gasteiger charge is -2.40. The minimum Gasteiger partial charge on any atom is -0.376 e. The van der Waals surface area contributed by atoms with E-state index in [1.54, 1.807) is 23.1 Å². The van der Waals surface area contributed by atoms with Crippen molar-refractivity contribution in [1.82, 2.24) is 14.9 Å². The van der Waals surface area contributed by atoms with Crippen LogP contribution in [0.1, 0.15) is 12.5 Å². The van der Waals surface area contributed by atoms with E-state index in [0.29, 0.717) is 25.5 Å². The van der Waals surface area contributed by atoms with Crippen LogP contribution in [0.25, 0.3) is 10.9 Å². The van der Waals surface area contributed by atoms with Crippen molar-refractivity contribution in [1.29, 1.82) is 0 Å². The Morgan fingerprint density at radius 3 is 2.69 bits per heavy atom. The number of nitrogens with zero attached hydrogens (tertiary/aromatic N) is 3. The zero-order valence-electron chi connectivity index (χ0n) is 17.3. The highest BCUT2D eigenvalue weighted by molar-refractivity contribution is 5.85. The number of alkyl halides is 3. The molecule has 2 N–H and O–H groups in total. The lowest BCUT2D eigenvalue weighted by molar-refractivity contribution is -0.137. The molecule has 7 nitrogen and oxygen atoms in total. The summed E-state index contributed by atoms with van der Waals surface area (Å²) in [5.74, 6) is 0.392. The topological polar surface area (TPSA) is 81.3 Å². The molecule has 2 aromatic heterocycles. The molecule has 0 spiro atoms. The number of rotatable bonds is 4. The molecule has 168 valence electrons. The van der Waals surface area contributed by atoms with Crippen molar-refractivity contribution < 1.29 is 18.0 Å². The number of amides is 1. The van der Waals surface area contributed by atoms with Crippen LogP contribution in [0, 0.1) is 0 Å². The number of aromatic nitrogens is 2. The van der Waals surface area contributed by atoms with E-state index in [2.05, 4.69) is 15.3 Å². The van der Waals surface area contributed by atoms with Crippen LogP contribution >= 0.6 is 0 Å². The van der Waals surface area contributed by atoms with Gasteiger partial charge >= 0.3 is 6.18 Å². The van der Waals surface area contributed by atoms with Crippen LogP contribution in [0.3, 0.4) is 0 Å². The monoisotopic (exact) mass is 445 g/mol. The lowest BCUT2D eigenvalue weighted by Crippen LogP contribution is -2.55. The first-order valence-corrected chi connectivity index (χ1v) is 10.2. The van der Waals surface area contributed by atoms with Crippen molar-refractivity contribution in [3.8, 4) is 0 Å².